The van der Waals surface area contributed by atoms with Crippen molar-refractivity contribution in [2.24, 2.45) is 0 Å². The second-order valence-corrected chi connectivity index (χ2v) is 5.59. The monoisotopic (exact) mass is 334 g/mol. The Morgan fingerprint density at radius 3 is 2.67 bits per heavy atom. The standard InChI is InChI=1S/C16H16F2N4O2/c1-19-16(24)13-4-5-15(21-20-13)22-8-10(23)7-14(22)9-2-3-11(17)12(18)6-9/h2-6,10,14,23H,7-8H2,1H3,(H,19,24)/t10-,14-/m1/s1. The van der Waals surface area contributed by atoms with Crippen LogP contribution in [0.15, 0.2) is 30.3 Å². The molecule has 0 bridgehead atoms. The summed E-state index contributed by atoms with van der Waals surface area (Å²) in [6.45, 7) is 0.289. The molecule has 2 heterocycles. The van der Waals surface area contributed by atoms with Gasteiger partial charge in [0.1, 0.15) is 0 Å². The fourth-order valence-corrected chi connectivity index (χ4v) is 2.83. The topological polar surface area (TPSA) is 78.4 Å². The van der Waals surface area contributed by atoms with Gasteiger partial charge in [0.15, 0.2) is 23.1 Å². The third kappa shape index (κ3) is 3.05. The fraction of sp³-hybridized carbons (Fsp3) is 0.312. The van der Waals surface area contributed by atoms with Gasteiger partial charge in [-0.2, -0.15) is 0 Å². The van der Waals surface area contributed by atoms with Crippen LogP contribution in [-0.4, -0.2) is 40.9 Å². The molecule has 2 aromatic rings. The average Bonchev–Trinajstić information content (AvgIpc) is 2.98. The first-order chi connectivity index (χ1) is 11.5. The minimum absolute atomic E-state index is 0.172. The van der Waals surface area contributed by atoms with Crippen LogP contribution in [0.25, 0.3) is 0 Å². The molecule has 24 heavy (non-hydrogen) atoms. The summed E-state index contributed by atoms with van der Waals surface area (Å²) in [4.78, 5) is 13.3. The van der Waals surface area contributed by atoms with Crippen LogP contribution in [0.2, 0.25) is 0 Å². The van der Waals surface area contributed by atoms with Gasteiger partial charge in [0, 0.05) is 13.6 Å². The number of anilines is 1. The molecule has 1 aromatic carbocycles. The summed E-state index contributed by atoms with van der Waals surface area (Å²) in [6.07, 6.45) is -0.257. The van der Waals surface area contributed by atoms with E-state index in [0.717, 1.165) is 12.1 Å². The van der Waals surface area contributed by atoms with Gasteiger partial charge in [0.25, 0.3) is 5.91 Å². The summed E-state index contributed by atoms with van der Waals surface area (Å²) in [5, 5.41) is 20.3. The Bertz CT molecular complexity index is 754. The van der Waals surface area contributed by atoms with E-state index in [1.165, 1.54) is 19.2 Å². The van der Waals surface area contributed by atoms with E-state index in [1.807, 2.05) is 0 Å². The Balaban J connectivity index is 1.90. The molecule has 2 N–H and O–H groups in total. The van der Waals surface area contributed by atoms with Crippen LogP contribution in [-0.2, 0) is 0 Å². The molecule has 6 nitrogen and oxygen atoms in total. The van der Waals surface area contributed by atoms with Crippen LogP contribution in [0.3, 0.4) is 0 Å². The quantitative estimate of drug-likeness (QED) is 0.888. The molecule has 1 aromatic heterocycles. The Labute approximate surface area is 137 Å². The number of hydrogen-bond acceptors (Lipinski definition) is 5. The molecule has 0 radical (unpaired) electrons. The largest absolute Gasteiger partial charge is 0.391 e. The molecule has 0 unspecified atom stereocenters. The molecule has 8 heteroatoms. The van der Waals surface area contributed by atoms with Crippen molar-refractivity contribution in [2.75, 3.05) is 18.5 Å². The normalized spacial score (nSPS) is 20.2. The van der Waals surface area contributed by atoms with Crippen LogP contribution in [0.4, 0.5) is 14.6 Å². The molecular formula is C16H16F2N4O2. The van der Waals surface area contributed by atoms with E-state index in [2.05, 4.69) is 15.5 Å². The maximum absolute atomic E-state index is 13.5. The number of carbonyl (C=O) groups is 1. The van der Waals surface area contributed by atoms with E-state index in [9.17, 15) is 18.7 Å². The molecular weight excluding hydrogens is 318 g/mol. The zero-order valence-corrected chi connectivity index (χ0v) is 12.9. The predicted octanol–water partition coefficient (Wildman–Crippen LogP) is 1.43. The van der Waals surface area contributed by atoms with E-state index in [0.29, 0.717) is 17.8 Å². The van der Waals surface area contributed by atoms with E-state index < -0.39 is 17.7 Å². The van der Waals surface area contributed by atoms with Gasteiger partial charge in [-0.25, -0.2) is 8.78 Å². The van der Waals surface area contributed by atoms with E-state index in [-0.39, 0.29) is 24.2 Å². The summed E-state index contributed by atoms with van der Waals surface area (Å²) in [5.74, 6) is -1.75. The second kappa shape index (κ2) is 6.48. The van der Waals surface area contributed by atoms with Crippen molar-refractivity contribution in [1.82, 2.24) is 15.5 Å². The number of amides is 1. The molecule has 0 aliphatic carbocycles. The number of nitrogens with zero attached hydrogens (tertiary/aromatic N) is 3. The van der Waals surface area contributed by atoms with E-state index in [4.69, 9.17) is 0 Å². The Morgan fingerprint density at radius 2 is 2.04 bits per heavy atom. The number of halogens is 2. The molecule has 1 fully saturated rings. The first-order valence-corrected chi connectivity index (χ1v) is 7.45. The number of nitrogens with one attached hydrogen (secondary N) is 1. The lowest BCUT2D eigenvalue weighted by molar-refractivity contribution is 0.0957. The number of rotatable bonds is 3. The third-order valence-electron chi connectivity index (χ3n) is 4.01. The summed E-state index contributed by atoms with van der Waals surface area (Å²) >= 11 is 0. The predicted molar refractivity (Wildman–Crippen MR) is 82.5 cm³/mol. The number of hydrogen-bond donors (Lipinski definition) is 2. The molecule has 2 atom stereocenters. The Morgan fingerprint density at radius 1 is 1.25 bits per heavy atom. The summed E-state index contributed by atoms with van der Waals surface area (Å²) in [6, 6.07) is 6.46. The van der Waals surface area contributed by atoms with Gasteiger partial charge >= 0.3 is 0 Å². The zero-order chi connectivity index (χ0) is 17.3. The van der Waals surface area contributed by atoms with Gasteiger partial charge in [-0.3, -0.25) is 4.79 Å². The Kier molecular flexibility index (Phi) is 4.39. The number of aromatic nitrogens is 2. The lowest BCUT2D eigenvalue weighted by Gasteiger charge is -2.25. The minimum atomic E-state index is -0.935. The number of aliphatic hydroxyl groups is 1. The molecule has 0 saturated carbocycles. The highest BCUT2D eigenvalue weighted by molar-refractivity contribution is 5.91. The van der Waals surface area contributed by atoms with Gasteiger partial charge in [-0.15, -0.1) is 10.2 Å². The van der Waals surface area contributed by atoms with Crippen molar-refractivity contribution in [2.45, 2.75) is 18.6 Å². The molecule has 1 amide bonds. The first kappa shape index (κ1) is 16.3. The van der Waals surface area contributed by atoms with Crippen molar-refractivity contribution < 1.29 is 18.7 Å². The molecule has 3 rings (SSSR count). The summed E-state index contributed by atoms with van der Waals surface area (Å²) in [5.41, 5.74) is 0.716. The average molecular weight is 334 g/mol. The van der Waals surface area contributed by atoms with Gasteiger partial charge in [-0.1, -0.05) is 6.07 Å². The molecule has 1 aliphatic rings. The lowest BCUT2D eigenvalue weighted by atomic mass is 10.0. The van der Waals surface area contributed by atoms with Crippen molar-refractivity contribution in [3.63, 3.8) is 0 Å². The van der Waals surface area contributed by atoms with Gasteiger partial charge in [0.05, 0.1) is 12.1 Å². The number of benzene rings is 1. The van der Waals surface area contributed by atoms with Crippen molar-refractivity contribution in [3.8, 4) is 0 Å². The highest BCUT2D eigenvalue weighted by Gasteiger charge is 2.33. The summed E-state index contributed by atoms with van der Waals surface area (Å²) in [7, 11) is 1.49. The van der Waals surface area contributed by atoms with E-state index in [1.54, 1.807) is 11.0 Å². The van der Waals surface area contributed by atoms with Crippen LogP contribution < -0.4 is 10.2 Å². The summed E-state index contributed by atoms with van der Waals surface area (Å²) < 4.78 is 26.6. The van der Waals surface area contributed by atoms with Crippen LogP contribution >= 0.6 is 0 Å². The second-order valence-electron chi connectivity index (χ2n) is 5.59. The SMILES string of the molecule is CNC(=O)c1ccc(N2C[C@H](O)C[C@@H]2c2ccc(F)c(F)c2)nn1. The van der Waals surface area contributed by atoms with Gasteiger partial charge in [0.2, 0.25) is 0 Å². The maximum atomic E-state index is 13.5. The Hall–Kier alpha value is -2.61. The van der Waals surface area contributed by atoms with E-state index >= 15 is 0 Å². The number of β-amino-alcohol motifs (C(OH)–C–C–N with tert-alkyl or cyclic N) is 1. The highest BCUT2D eigenvalue weighted by Crippen LogP contribution is 2.35. The van der Waals surface area contributed by atoms with Crippen LogP contribution in [0.1, 0.15) is 28.5 Å². The molecule has 1 saturated heterocycles. The lowest BCUT2D eigenvalue weighted by Crippen LogP contribution is -2.26. The minimum Gasteiger partial charge on any atom is -0.391 e. The number of aliphatic hydroxyl groups excluding tert-OH is 1. The maximum Gasteiger partial charge on any atom is 0.271 e. The third-order valence-corrected chi connectivity index (χ3v) is 4.01. The highest BCUT2D eigenvalue weighted by atomic mass is 19.2. The van der Waals surface area contributed by atoms with Gasteiger partial charge < -0.3 is 15.3 Å². The first-order valence-electron chi connectivity index (χ1n) is 7.45. The molecule has 0 spiro atoms. The van der Waals surface area contributed by atoms with Crippen molar-refractivity contribution in [3.05, 3.63) is 53.2 Å². The smallest absolute Gasteiger partial charge is 0.271 e. The zero-order valence-electron chi connectivity index (χ0n) is 12.9. The molecule has 1 aliphatic heterocycles. The van der Waals surface area contributed by atoms with Gasteiger partial charge in [-0.05, 0) is 36.2 Å². The van der Waals surface area contributed by atoms with Crippen molar-refractivity contribution >= 4 is 11.7 Å². The number of carbonyl (C=O) groups excluding carboxylic acids is 1. The fourth-order valence-electron chi connectivity index (χ4n) is 2.83. The van der Waals surface area contributed by atoms with Crippen LogP contribution in [0, 0.1) is 11.6 Å². The molecule has 126 valence electrons. The van der Waals surface area contributed by atoms with Crippen LogP contribution in [0.5, 0.6) is 0 Å². The van der Waals surface area contributed by atoms with Crippen molar-refractivity contribution in [1.29, 1.82) is 0 Å².